The van der Waals surface area contributed by atoms with Crippen molar-refractivity contribution in [1.29, 1.82) is 0 Å². The number of anilines is 2. The van der Waals surface area contributed by atoms with Crippen molar-refractivity contribution in [2.75, 3.05) is 5.32 Å². The first-order valence-corrected chi connectivity index (χ1v) is 17.0. The SMILES string of the molecule is CC1(c2ccc(-c3ccccc3Nc3ccccc3-c3cccc4c3ccc3ccccc34)c3ccccc23)C[C@@H]2CC[C@@H](C2)C1. The summed E-state index contributed by atoms with van der Waals surface area (Å²) >= 11 is 0. The first-order valence-electron chi connectivity index (χ1n) is 17.0. The van der Waals surface area contributed by atoms with Crippen LogP contribution in [0.15, 0.2) is 140 Å². The van der Waals surface area contributed by atoms with Crippen LogP contribution >= 0.6 is 0 Å². The predicted molar refractivity (Wildman–Crippen MR) is 197 cm³/mol. The zero-order valence-corrected chi connectivity index (χ0v) is 26.5. The van der Waals surface area contributed by atoms with Crippen molar-refractivity contribution in [1.82, 2.24) is 0 Å². The van der Waals surface area contributed by atoms with Gasteiger partial charge in [0.2, 0.25) is 0 Å². The Morgan fingerprint density at radius 1 is 0.457 bits per heavy atom. The van der Waals surface area contributed by atoms with Gasteiger partial charge in [0, 0.05) is 22.5 Å². The van der Waals surface area contributed by atoms with Crippen molar-refractivity contribution in [3.8, 4) is 22.3 Å². The van der Waals surface area contributed by atoms with E-state index in [1.54, 1.807) is 5.56 Å². The van der Waals surface area contributed by atoms with Gasteiger partial charge in [-0.1, -0.05) is 147 Å². The minimum absolute atomic E-state index is 0.253. The van der Waals surface area contributed by atoms with Gasteiger partial charge < -0.3 is 5.32 Å². The lowest BCUT2D eigenvalue weighted by Crippen LogP contribution is -2.30. The van der Waals surface area contributed by atoms with Gasteiger partial charge in [0.1, 0.15) is 0 Å². The third-order valence-electron chi connectivity index (χ3n) is 11.2. The van der Waals surface area contributed by atoms with Crippen LogP contribution in [0.25, 0.3) is 54.6 Å². The number of benzene rings is 7. The highest BCUT2D eigenvalue weighted by Gasteiger charge is 2.42. The van der Waals surface area contributed by atoms with E-state index in [-0.39, 0.29) is 5.41 Å². The molecule has 0 heterocycles. The van der Waals surface area contributed by atoms with E-state index < -0.39 is 0 Å². The van der Waals surface area contributed by atoms with Gasteiger partial charge in [-0.3, -0.25) is 0 Å². The van der Waals surface area contributed by atoms with Gasteiger partial charge in [-0.05, 0) is 97.7 Å². The van der Waals surface area contributed by atoms with Gasteiger partial charge >= 0.3 is 0 Å². The van der Waals surface area contributed by atoms with Crippen molar-refractivity contribution in [2.45, 2.75) is 44.4 Å². The molecule has 1 unspecified atom stereocenters. The number of hydrogen-bond acceptors (Lipinski definition) is 1. The summed E-state index contributed by atoms with van der Waals surface area (Å²) in [5, 5.41) is 11.8. The van der Waals surface area contributed by atoms with Gasteiger partial charge in [-0.2, -0.15) is 0 Å². The molecule has 2 fully saturated rings. The number of fused-ring (bicyclic) bond motifs is 6. The summed E-state index contributed by atoms with van der Waals surface area (Å²) in [6.45, 7) is 2.54. The Morgan fingerprint density at radius 2 is 1.00 bits per heavy atom. The fourth-order valence-corrected chi connectivity index (χ4v) is 9.26. The Balaban J connectivity index is 1.14. The van der Waals surface area contributed by atoms with Crippen LogP contribution in [0.2, 0.25) is 0 Å². The smallest absolute Gasteiger partial charge is 0.0464 e. The van der Waals surface area contributed by atoms with Gasteiger partial charge in [-0.25, -0.2) is 0 Å². The summed E-state index contributed by atoms with van der Waals surface area (Å²) in [6.07, 6.45) is 6.94. The van der Waals surface area contributed by atoms with Crippen molar-refractivity contribution in [3.05, 3.63) is 145 Å². The predicted octanol–water partition coefficient (Wildman–Crippen LogP) is 12.7. The van der Waals surface area contributed by atoms with Crippen molar-refractivity contribution < 1.29 is 0 Å². The molecular formula is C45H39N. The molecule has 2 aliphatic rings. The van der Waals surface area contributed by atoms with Gasteiger partial charge in [0.05, 0.1) is 0 Å². The first kappa shape index (κ1) is 27.4. The fraction of sp³-hybridized carbons (Fsp3) is 0.200. The normalized spacial score (nSPS) is 20.8. The van der Waals surface area contributed by atoms with E-state index in [9.17, 15) is 0 Å². The van der Waals surface area contributed by atoms with Crippen LogP contribution in [0.4, 0.5) is 11.4 Å². The molecule has 1 N–H and O–H groups in total. The quantitative estimate of drug-likeness (QED) is 0.196. The van der Waals surface area contributed by atoms with Crippen LogP contribution in [0.5, 0.6) is 0 Å². The molecule has 9 rings (SSSR count). The van der Waals surface area contributed by atoms with Crippen LogP contribution in [0, 0.1) is 11.8 Å². The molecule has 0 aromatic heterocycles. The minimum Gasteiger partial charge on any atom is -0.355 e. The molecule has 0 spiro atoms. The lowest BCUT2D eigenvalue weighted by Gasteiger charge is -2.39. The Kier molecular flexibility index (Phi) is 6.49. The lowest BCUT2D eigenvalue weighted by molar-refractivity contribution is 0.233. The van der Waals surface area contributed by atoms with Crippen LogP contribution in [0.3, 0.4) is 0 Å². The van der Waals surface area contributed by atoms with E-state index in [1.165, 1.54) is 86.7 Å². The summed E-state index contributed by atoms with van der Waals surface area (Å²) in [6, 6.07) is 51.5. The molecule has 2 aliphatic carbocycles. The highest BCUT2D eigenvalue weighted by molar-refractivity contribution is 6.13. The first-order chi connectivity index (χ1) is 22.6. The number of rotatable bonds is 5. The second kappa shape index (κ2) is 10.9. The minimum atomic E-state index is 0.253. The number of nitrogens with one attached hydrogen (secondary N) is 1. The lowest BCUT2D eigenvalue weighted by atomic mass is 9.65. The molecule has 7 aromatic carbocycles. The molecule has 7 aromatic rings. The largest absolute Gasteiger partial charge is 0.355 e. The van der Waals surface area contributed by atoms with Crippen molar-refractivity contribution >= 4 is 43.7 Å². The second-order valence-electron chi connectivity index (χ2n) is 14.1. The van der Waals surface area contributed by atoms with Crippen LogP contribution in [0.1, 0.15) is 44.6 Å². The third-order valence-corrected chi connectivity index (χ3v) is 11.2. The summed E-state index contributed by atoms with van der Waals surface area (Å²) in [4.78, 5) is 0. The molecule has 3 atom stereocenters. The second-order valence-corrected chi connectivity index (χ2v) is 14.1. The summed E-state index contributed by atoms with van der Waals surface area (Å²) < 4.78 is 0. The molecule has 46 heavy (non-hydrogen) atoms. The molecule has 2 bridgehead atoms. The van der Waals surface area contributed by atoms with Gasteiger partial charge in [0.25, 0.3) is 0 Å². The Labute approximate surface area is 271 Å². The van der Waals surface area contributed by atoms with E-state index in [2.05, 4.69) is 152 Å². The highest BCUT2D eigenvalue weighted by atomic mass is 14.9. The van der Waals surface area contributed by atoms with E-state index in [1.807, 2.05) is 0 Å². The van der Waals surface area contributed by atoms with Crippen LogP contribution < -0.4 is 5.32 Å². The van der Waals surface area contributed by atoms with Crippen LogP contribution in [-0.4, -0.2) is 0 Å². The topological polar surface area (TPSA) is 12.0 Å². The Bertz CT molecular complexity index is 2250. The van der Waals surface area contributed by atoms with Crippen molar-refractivity contribution in [2.24, 2.45) is 11.8 Å². The van der Waals surface area contributed by atoms with Gasteiger partial charge in [0.15, 0.2) is 0 Å². The molecule has 1 heteroatoms. The average Bonchev–Trinajstić information content (AvgIpc) is 3.46. The van der Waals surface area contributed by atoms with E-state index in [0.29, 0.717) is 0 Å². The molecular weight excluding hydrogens is 555 g/mol. The number of hydrogen-bond donors (Lipinski definition) is 1. The molecule has 0 saturated heterocycles. The number of para-hydroxylation sites is 2. The van der Waals surface area contributed by atoms with Gasteiger partial charge in [-0.15, -0.1) is 0 Å². The molecule has 224 valence electrons. The molecule has 2 saturated carbocycles. The van der Waals surface area contributed by atoms with E-state index in [0.717, 1.165) is 23.2 Å². The standard InChI is InChI=1S/C45H39N/c1-45(28-30-21-22-31(27-30)29-45)42-26-25-38(35-13-4-5-14-39(35)42)41-16-7-9-20-44(41)46-43-19-8-6-15-40(43)36-18-10-17-34-33-12-3-2-11-32(33)23-24-37(34)36/h2-20,23-26,30-31,46H,21-22,27-29H2,1H3/t30-,31+,45?. The maximum absolute atomic E-state index is 3.91. The molecule has 0 amide bonds. The Morgan fingerprint density at radius 3 is 1.74 bits per heavy atom. The maximum Gasteiger partial charge on any atom is 0.0464 e. The van der Waals surface area contributed by atoms with Crippen LogP contribution in [-0.2, 0) is 5.41 Å². The summed E-state index contributed by atoms with van der Waals surface area (Å²) in [5.41, 5.74) is 9.01. The third kappa shape index (κ3) is 4.52. The summed E-state index contributed by atoms with van der Waals surface area (Å²) in [7, 11) is 0. The zero-order chi connectivity index (χ0) is 30.7. The van der Waals surface area contributed by atoms with Crippen molar-refractivity contribution in [3.63, 3.8) is 0 Å². The summed E-state index contributed by atoms with van der Waals surface area (Å²) in [5.74, 6) is 1.79. The monoisotopic (exact) mass is 593 g/mol. The fourth-order valence-electron chi connectivity index (χ4n) is 9.26. The highest BCUT2D eigenvalue weighted by Crippen LogP contribution is 2.53. The van der Waals surface area contributed by atoms with E-state index >= 15 is 0 Å². The molecule has 1 nitrogen and oxygen atoms in total. The molecule has 0 radical (unpaired) electrons. The van der Waals surface area contributed by atoms with E-state index in [4.69, 9.17) is 0 Å². The maximum atomic E-state index is 3.91. The molecule has 0 aliphatic heterocycles. The Hall–Kier alpha value is -4.88. The average molecular weight is 594 g/mol. The zero-order valence-electron chi connectivity index (χ0n) is 26.5.